The Balaban J connectivity index is 2.54. The average molecular weight is 270 g/mol. The highest BCUT2D eigenvalue weighted by Gasteiger charge is 2.34. The molecule has 110 valence electrons. The Morgan fingerprint density at radius 3 is 2.53 bits per heavy atom. The maximum Gasteiger partial charge on any atom is 0.323 e. The van der Waals surface area contributed by atoms with Crippen molar-refractivity contribution < 1.29 is 14.3 Å². The van der Waals surface area contributed by atoms with E-state index in [0.29, 0.717) is 0 Å². The number of nitrogens with zero attached hydrogens (tertiary/aromatic N) is 1. The second-order valence-electron chi connectivity index (χ2n) is 6.38. The fourth-order valence-electron chi connectivity index (χ4n) is 2.20. The van der Waals surface area contributed by atoms with Crippen molar-refractivity contribution in [2.75, 3.05) is 13.1 Å². The van der Waals surface area contributed by atoms with Gasteiger partial charge in [0.15, 0.2) is 0 Å². The van der Waals surface area contributed by atoms with Crippen molar-refractivity contribution in [3.8, 4) is 0 Å². The van der Waals surface area contributed by atoms with Gasteiger partial charge in [-0.3, -0.25) is 14.5 Å². The van der Waals surface area contributed by atoms with Crippen molar-refractivity contribution in [3.63, 3.8) is 0 Å². The molecule has 1 aliphatic rings. The lowest BCUT2D eigenvalue weighted by molar-refractivity contribution is -0.160. The van der Waals surface area contributed by atoms with Crippen LogP contribution in [0.2, 0.25) is 0 Å². The summed E-state index contributed by atoms with van der Waals surface area (Å²) in [5.41, 5.74) is -0.481. The van der Waals surface area contributed by atoms with Gasteiger partial charge in [-0.05, 0) is 54.0 Å². The smallest absolute Gasteiger partial charge is 0.323 e. The molecule has 1 heterocycles. The third-order valence-electron chi connectivity index (χ3n) is 2.84. The molecule has 1 N–H and O–H groups in total. The van der Waals surface area contributed by atoms with Crippen molar-refractivity contribution in [3.05, 3.63) is 0 Å². The Kier molecular flexibility index (Phi) is 5.35. The molecule has 0 unspecified atom stereocenters. The van der Waals surface area contributed by atoms with Gasteiger partial charge in [-0.25, -0.2) is 0 Å². The van der Waals surface area contributed by atoms with E-state index < -0.39 is 5.60 Å². The van der Waals surface area contributed by atoms with Gasteiger partial charge in [0.1, 0.15) is 11.6 Å². The summed E-state index contributed by atoms with van der Waals surface area (Å²) in [5, 5.41) is 2.84. The summed E-state index contributed by atoms with van der Waals surface area (Å²) in [4.78, 5) is 25.7. The highest BCUT2D eigenvalue weighted by Crippen LogP contribution is 2.20. The number of hydrogen-bond acceptors (Lipinski definition) is 4. The largest absolute Gasteiger partial charge is 0.459 e. The van der Waals surface area contributed by atoms with E-state index in [9.17, 15) is 9.59 Å². The number of carbonyl (C=O) groups excluding carboxylic acids is 2. The van der Waals surface area contributed by atoms with Gasteiger partial charge >= 0.3 is 5.97 Å². The molecule has 0 aromatic heterocycles. The van der Waals surface area contributed by atoms with Crippen molar-refractivity contribution in [1.29, 1.82) is 0 Å². The summed E-state index contributed by atoms with van der Waals surface area (Å²) in [6, 6.07) is -0.160. The Hall–Kier alpha value is -1.10. The van der Waals surface area contributed by atoms with Gasteiger partial charge in [0.05, 0.1) is 6.54 Å². The summed E-state index contributed by atoms with van der Waals surface area (Å²) in [7, 11) is 0. The van der Waals surface area contributed by atoms with Crippen LogP contribution in [0.3, 0.4) is 0 Å². The average Bonchev–Trinajstić information content (AvgIpc) is 2.61. The zero-order valence-corrected chi connectivity index (χ0v) is 12.7. The van der Waals surface area contributed by atoms with Crippen LogP contribution in [0, 0.1) is 0 Å². The van der Waals surface area contributed by atoms with Crippen LogP contribution in [0.1, 0.15) is 47.5 Å². The number of amides is 1. The quantitative estimate of drug-likeness (QED) is 0.783. The lowest BCUT2D eigenvalue weighted by Crippen LogP contribution is -2.46. The molecule has 1 amide bonds. The van der Waals surface area contributed by atoms with Crippen LogP contribution in [0.5, 0.6) is 0 Å². The molecule has 0 radical (unpaired) electrons. The Labute approximate surface area is 115 Å². The molecule has 0 aromatic carbocycles. The minimum Gasteiger partial charge on any atom is -0.459 e. The van der Waals surface area contributed by atoms with Crippen LogP contribution in [-0.2, 0) is 14.3 Å². The van der Waals surface area contributed by atoms with E-state index in [0.717, 1.165) is 19.4 Å². The van der Waals surface area contributed by atoms with E-state index in [2.05, 4.69) is 5.32 Å². The Bertz CT molecular complexity index is 334. The third-order valence-corrected chi connectivity index (χ3v) is 2.84. The first-order valence-electron chi connectivity index (χ1n) is 6.95. The first-order valence-corrected chi connectivity index (χ1v) is 6.95. The molecule has 5 heteroatoms. The first kappa shape index (κ1) is 16.0. The topological polar surface area (TPSA) is 58.6 Å². The molecule has 0 aromatic rings. The van der Waals surface area contributed by atoms with E-state index in [-0.39, 0.29) is 30.5 Å². The van der Waals surface area contributed by atoms with Gasteiger partial charge in [0.25, 0.3) is 0 Å². The number of hydrogen-bond donors (Lipinski definition) is 1. The monoisotopic (exact) mass is 270 g/mol. The first-order chi connectivity index (χ1) is 8.69. The molecule has 1 rings (SSSR count). The molecule has 5 nitrogen and oxygen atoms in total. The second-order valence-corrected chi connectivity index (χ2v) is 6.38. The summed E-state index contributed by atoms with van der Waals surface area (Å²) in [6.45, 7) is 10.5. The van der Waals surface area contributed by atoms with Crippen LogP contribution in [0.4, 0.5) is 0 Å². The Morgan fingerprint density at radius 2 is 2.00 bits per heavy atom. The summed E-state index contributed by atoms with van der Waals surface area (Å²) in [6.07, 6.45) is 1.70. The van der Waals surface area contributed by atoms with E-state index in [1.807, 2.05) is 39.5 Å². The van der Waals surface area contributed by atoms with Gasteiger partial charge in [-0.15, -0.1) is 0 Å². The molecule has 0 aliphatic carbocycles. The van der Waals surface area contributed by atoms with E-state index >= 15 is 0 Å². The molecular formula is C14H26N2O3. The van der Waals surface area contributed by atoms with Crippen LogP contribution in [0.25, 0.3) is 0 Å². The predicted octanol–water partition coefficient (Wildman–Crippen LogP) is 1.32. The molecule has 1 aliphatic heterocycles. The van der Waals surface area contributed by atoms with Crippen molar-refractivity contribution in [1.82, 2.24) is 10.2 Å². The maximum absolute atomic E-state index is 12.1. The van der Waals surface area contributed by atoms with Crippen molar-refractivity contribution in [2.45, 2.75) is 65.1 Å². The Morgan fingerprint density at radius 1 is 1.37 bits per heavy atom. The highest BCUT2D eigenvalue weighted by atomic mass is 16.6. The van der Waals surface area contributed by atoms with E-state index in [1.54, 1.807) is 0 Å². The van der Waals surface area contributed by atoms with Crippen LogP contribution in [0.15, 0.2) is 0 Å². The second kappa shape index (κ2) is 6.37. The van der Waals surface area contributed by atoms with Gasteiger partial charge < -0.3 is 10.1 Å². The number of ether oxygens (including phenoxy) is 1. The molecule has 1 saturated heterocycles. The standard InChI is InChI=1S/C14H26N2O3/c1-10(2)15-12(17)9-16-8-6-7-11(16)13(18)19-14(3,4)5/h10-11H,6-9H2,1-5H3,(H,15,17)/t11-/m0/s1. The normalized spacial score (nSPS) is 20.6. The predicted molar refractivity (Wildman–Crippen MR) is 73.7 cm³/mol. The third kappa shape index (κ3) is 5.59. The molecule has 0 bridgehead atoms. The van der Waals surface area contributed by atoms with Gasteiger partial charge in [-0.1, -0.05) is 0 Å². The van der Waals surface area contributed by atoms with Gasteiger partial charge in [0.2, 0.25) is 5.91 Å². The van der Waals surface area contributed by atoms with Crippen LogP contribution < -0.4 is 5.32 Å². The summed E-state index contributed by atoms with van der Waals surface area (Å²) >= 11 is 0. The fraction of sp³-hybridized carbons (Fsp3) is 0.857. The number of nitrogens with one attached hydrogen (secondary N) is 1. The molecule has 19 heavy (non-hydrogen) atoms. The van der Waals surface area contributed by atoms with Crippen LogP contribution in [-0.4, -0.2) is 47.6 Å². The lowest BCUT2D eigenvalue weighted by atomic mass is 10.1. The fourth-order valence-corrected chi connectivity index (χ4v) is 2.20. The number of carbonyl (C=O) groups is 2. The van der Waals surface area contributed by atoms with Crippen molar-refractivity contribution >= 4 is 11.9 Å². The zero-order chi connectivity index (χ0) is 14.6. The number of likely N-dealkylation sites (tertiary alicyclic amines) is 1. The number of esters is 1. The molecule has 0 saturated carbocycles. The minimum atomic E-state index is -0.481. The summed E-state index contributed by atoms with van der Waals surface area (Å²) in [5.74, 6) is -0.257. The zero-order valence-electron chi connectivity index (χ0n) is 12.7. The van der Waals surface area contributed by atoms with E-state index in [1.165, 1.54) is 0 Å². The van der Waals surface area contributed by atoms with Crippen molar-refractivity contribution in [2.24, 2.45) is 0 Å². The molecular weight excluding hydrogens is 244 g/mol. The summed E-state index contributed by atoms with van der Waals surface area (Å²) < 4.78 is 5.40. The van der Waals surface area contributed by atoms with Crippen LogP contribution >= 0.6 is 0 Å². The highest BCUT2D eigenvalue weighted by molar-refractivity contribution is 5.81. The lowest BCUT2D eigenvalue weighted by Gasteiger charge is -2.27. The van der Waals surface area contributed by atoms with E-state index in [4.69, 9.17) is 4.74 Å². The van der Waals surface area contributed by atoms with Gasteiger partial charge in [-0.2, -0.15) is 0 Å². The van der Waals surface area contributed by atoms with Gasteiger partial charge in [0, 0.05) is 6.04 Å². The maximum atomic E-state index is 12.1. The minimum absolute atomic E-state index is 0.0366. The SMILES string of the molecule is CC(C)NC(=O)CN1CCC[C@H]1C(=O)OC(C)(C)C. The number of rotatable bonds is 4. The molecule has 0 spiro atoms. The molecule has 1 atom stereocenters. The molecule has 1 fully saturated rings.